The van der Waals surface area contributed by atoms with Crippen LogP contribution in [0.15, 0.2) is 35.4 Å². The van der Waals surface area contributed by atoms with Crippen LogP contribution in [0.1, 0.15) is 137 Å². The maximum absolute atomic E-state index is 15.3. The van der Waals surface area contributed by atoms with Gasteiger partial charge in [-0.25, -0.2) is 9.80 Å². The molecule has 8 rings (SSSR count). The van der Waals surface area contributed by atoms with E-state index in [0.717, 1.165) is 57.8 Å². The number of hydrazine groups is 1. The number of aliphatic hydroxyl groups excluding tert-OH is 1. The van der Waals surface area contributed by atoms with Crippen molar-refractivity contribution in [2.24, 2.45) is 44.8 Å². The van der Waals surface area contributed by atoms with Crippen molar-refractivity contribution in [1.82, 2.24) is 10.0 Å². The third kappa shape index (κ3) is 4.58. The van der Waals surface area contributed by atoms with E-state index in [4.69, 9.17) is 9.47 Å². The molecular formula is C44H61N3O7. The predicted octanol–water partition coefficient (Wildman–Crippen LogP) is 8.04. The smallest absolute Gasteiger partial charge is 0.343 e. The number of hydrogen-bond donors (Lipinski definition) is 1. The van der Waals surface area contributed by atoms with E-state index in [1.807, 2.05) is 10.0 Å². The van der Waals surface area contributed by atoms with Crippen molar-refractivity contribution >= 4 is 29.4 Å². The summed E-state index contributed by atoms with van der Waals surface area (Å²) in [5.41, 5.74) is 2.08. The molecule has 54 heavy (non-hydrogen) atoms. The number of ether oxygens (including phenoxy) is 2. The summed E-state index contributed by atoms with van der Waals surface area (Å²) in [5.74, 6) is 0.0364. The van der Waals surface area contributed by atoms with E-state index in [-0.39, 0.29) is 74.8 Å². The zero-order valence-electron chi connectivity index (χ0n) is 34.1. The first-order valence-corrected chi connectivity index (χ1v) is 20.5. The number of nitrogens with zero attached hydrogens (tertiary/aromatic N) is 3. The Hall–Kier alpha value is -3.24. The minimum absolute atomic E-state index is 0.0311. The van der Waals surface area contributed by atoms with Crippen LogP contribution in [0.5, 0.6) is 0 Å². The van der Waals surface area contributed by atoms with Gasteiger partial charge in [0.05, 0.1) is 11.6 Å². The van der Waals surface area contributed by atoms with Gasteiger partial charge in [0.15, 0.2) is 5.78 Å². The molecule has 1 saturated heterocycles. The molecule has 0 radical (unpaired) electrons. The number of benzene rings is 1. The molecule has 1 aromatic rings. The Kier molecular flexibility index (Phi) is 8.29. The van der Waals surface area contributed by atoms with Gasteiger partial charge in [0.25, 0.3) is 0 Å². The van der Waals surface area contributed by atoms with Crippen LogP contribution in [0.2, 0.25) is 0 Å². The van der Waals surface area contributed by atoms with Gasteiger partial charge in [0, 0.05) is 35.9 Å². The van der Waals surface area contributed by atoms with Gasteiger partial charge in [-0.05, 0) is 134 Å². The number of anilines is 1. The van der Waals surface area contributed by atoms with E-state index in [9.17, 15) is 19.5 Å². The third-order valence-corrected chi connectivity index (χ3v) is 17.1. The molecule has 0 bridgehead atoms. The van der Waals surface area contributed by atoms with Crippen molar-refractivity contribution in [3.63, 3.8) is 0 Å². The predicted molar refractivity (Wildman–Crippen MR) is 204 cm³/mol. The van der Waals surface area contributed by atoms with Crippen molar-refractivity contribution in [3.8, 4) is 0 Å². The zero-order chi connectivity index (χ0) is 39.1. The molecule has 10 nitrogen and oxygen atoms in total. The number of urea groups is 1. The molecule has 10 atom stereocenters. The number of Topliss-reactive ketones (excluding diaryl/α,β-unsaturated/α-hetero) is 1. The Morgan fingerprint density at radius 3 is 2.15 bits per heavy atom. The fourth-order valence-electron chi connectivity index (χ4n) is 14.5. The topological polar surface area (TPSA) is 117 Å². The molecule has 1 aromatic carbocycles. The maximum atomic E-state index is 15.3. The largest absolute Gasteiger partial charge is 0.465 e. The molecule has 0 spiro atoms. The average Bonchev–Trinajstić information content (AvgIpc) is 3.58. The fraction of sp³-hybridized carbons (Fsp3) is 0.727. The van der Waals surface area contributed by atoms with Crippen LogP contribution in [0, 0.1) is 44.8 Å². The van der Waals surface area contributed by atoms with Crippen molar-refractivity contribution in [3.05, 3.63) is 41.0 Å². The Labute approximate surface area is 320 Å². The van der Waals surface area contributed by atoms with Crippen LogP contribution in [0.25, 0.3) is 0 Å². The van der Waals surface area contributed by atoms with Gasteiger partial charge < -0.3 is 14.6 Å². The van der Waals surface area contributed by atoms with Crippen LogP contribution in [0.3, 0.4) is 0 Å². The van der Waals surface area contributed by atoms with Gasteiger partial charge in [-0.2, -0.15) is 5.01 Å². The summed E-state index contributed by atoms with van der Waals surface area (Å²) in [5, 5.41) is 16.6. The standard InChI is InChI=1S/C44H61N3O7/c1-25(2)44-22-21-43(24-53-27(4)49)20-19-42(10)35(36(43)44)31(46-37(51)45(38(52)47(44)46)30-13-11-29(12-14-30)26(3)48)23-33-40(8)17-16-34(54-28(5)50)39(6,7)32(40)15-18-41(33,42)9/h11-14,25,31-34,38,52H,15-24H2,1-10H3/t31?,32?,33?,34-,38?,40-,41+,42+,43-,44?/m0/s1. The highest BCUT2D eigenvalue weighted by Gasteiger charge is 2.76. The number of amides is 2. The Bertz CT molecular complexity index is 1840. The number of hydrogen-bond acceptors (Lipinski definition) is 8. The number of rotatable bonds is 6. The summed E-state index contributed by atoms with van der Waals surface area (Å²) in [6, 6.07) is 6.45. The molecule has 5 unspecified atom stereocenters. The molecule has 5 aliphatic carbocycles. The summed E-state index contributed by atoms with van der Waals surface area (Å²) >= 11 is 0. The second kappa shape index (κ2) is 11.9. The van der Waals surface area contributed by atoms with Gasteiger partial charge in [-0.1, -0.05) is 48.5 Å². The third-order valence-electron chi connectivity index (χ3n) is 17.1. The molecule has 1 N–H and O–H groups in total. The molecule has 2 aliphatic heterocycles. The molecular weight excluding hydrogens is 682 g/mol. The summed E-state index contributed by atoms with van der Waals surface area (Å²) < 4.78 is 12.0. The van der Waals surface area contributed by atoms with Crippen LogP contribution >= 0.6 is 0 Å². The van der Waals surface area contributed by atoms with E-state index in [2.05, 4.69) is 48.5 Å². The first-order chi connectivity index (χ1) is 25.2. The number of ketones is 1. The molecule has 2 amide bonds. The SMILES string of the molecule is CC(=O)OC[C@]12CCC3(C(C)C)C1=C1C(CC4[C@@]5(C)CC[C@H](OC(C)=O)C(C)(C)C5CC[C@@]4(C)[C@]1(C)CC2)N1C(=O)N(c2ccc(C(C)=O)cc2)C(O)N13. The van der Waals surface area contributed by atoms with Crippen molar-refractivity contribution in [2.45, 2.75) is 151 Å². The van der Waals surface area contributed by atoms with E-state index >= 15 is 4.79 Å². The van der Waals surface area contributed by atoms with Gasteiger partial charge in [0.2, 0.25) is 6.35 Å². The summed E-state index contributed by atoms with van der Waals surface area (Å²) in [7, 11) is 0. The number of esters is 2. The highest BCUT2D eigenvalue weighted by Crippen LogP contribution is 2.78. The molecule has 4 saturated carbocycles. The molecule has 5 fully saturated rings. The molecule has 294 valence electrons. The van der Waals surface area contributed by atoms with Crippen molar-refractivity contribution < 1.29 is 33.8 Å². The fourth-order valence-corrected chi connectivity index (χ4v) is 14.5. The maximum Gasteiger partial charge on any atom is 0.343 e. The minimum Gasteiger partial charge on any atom is -0.465 e. The quantitative estimate of drug-likeness (QED) is 0.177. The van der Waals surface area contributed by atoms with Gasteiger partial charge >= 0.3 is 18.0 Å². The molecule has 2 heterocycles. The highest BCUT2D eigenvalue weighted by molar-refractivity contribution is 5.97. The van der Waals surface area contributed by atoms with Gasteiger partial charge in [-0.3, -0.25) is 19.3 Å². The lowest BCUT2D eigenvalue weighted by atomic mass is 9.33. The first kappa shape index (κ1) is 37.7. The normalized spacial score (nSPS) is 41.9. The molecule has 7 aliphatic rings. The van der Waals surface area contributed by atoms with Crippen LogP contribution in [-0.4, -0.2) is 69.5 Å². The van der Waals surface area contributed by atoms with Crippen LogP contribution in [-0.2, 0) is 19.1 Å². The molecule has 0 aromatic heterocycles. The Balaban J connectivity index is 1.33. The Morgan fingerprint density at radius 2 is 1.54 bits per heavy atom. The van der Waals surface area contributed by atoms with E-state index < -0.39 is 11.9 Å². The van der Waals surface area contributed by atoms with Crippen LogP contribution in [0.4, 0.5) is 10.5 Å². The summed E-state index contributed by atoms with van der Waals surface area (Å²) in [6.07, 6.45) is 6.54. The lowest BCUT2D eigenvalue weighted by Gasteiger charge is -2.73. The molecule has 10 heteroatoms. The number of carbonyl (C=O) groups excluding carboxylic acids is 4. The average molecular weight is 744 g/mol. The van der Waals surface area contributed by atoms with Gasteiger partial charge in [-0.15, -0.1) is 0 Å². The monoisotopic (exact) mass is 743 g/mol. The summed E-state index contributed by atoms with van der Waals surface area (Å²) in [4.78, 5) is 53.8. The lowest BCUT2D eigenvalue weighted by Crippen LogP contribution is -2.73. The van der Waals surface area contributed by atoms with E-state index in [1.165, 1.54) is 36.8 Å². The van der Waals surface area contributed by atoms with Crippen LogP contribution < -0.4 is 4.90 Å². The zero-order valence-corrected chi connectivity index (χ0v) is 34.1. The Morgan fingerprint density at radius 1 is 0.870 bits per heavy atom. The summed E-state index contributed by atoms with van der Waals surface area (Å²) in [6.45, 7) is 21.3. The van der Waals surface area contributed by atoms with Crippen molar-refractivity contribution in [2.75, 3.05) is 11.5 Å². The van der Waals surface area contributed by atoms with Gasteiger partial charge in [0.1, 0.15) is 12.7 Å². The van der Waals surface area contributed by atoms with Crippen molar-refractivity contribution in [1.29, 1.82) is 0 Å². The number of aliphatic hydroxyl groups is 1. The second-order valence-corrected chi connectivity index (χ2v) is 19.8. The number of fused-ring (bicyclic) bond motifs is 7. The minimum atomic E-state index is -1.27. The first-order valence-electron chi connectivity index (χ1n) is 20.5. The second-order valence-electron chi connectivity index (χ2n) is 19.8. The highest BCUT2D eigenvalue weighted by atomic mass is 16.5. The lowest BCUT2D eigenvalue weighted by molar-refractivity contribution is -0.236. The van der Waals surface area contributed by atoms with E-state index in [1.54, 1.807) is 24.3 Å². The van der Waals surface area contributed by atoms with E-state index in [0.29, 0.717) is 23.8 Å². The number of carbonyl (C=O) groups is 4.